The topological polar surface area (TPSA) is 6.48 Å². The molecule has 0 heterocycles. The molecule has 0 rings (SSSR count). The third kappa shape index (κ3) is 9.31. The molecular formula is C14H36N2Si2. The predicted molar refractivity (Wildman–Crippen MR) is 90.8 cm³/mol. The first-order chi connectivity index (χ1) is 8.67. The first kappa shape index (κ1) is 18.4. The van der Waals surface area contributed by atoms with E-state index in [4.69, 9.17) is 0 Å². The van der Waals surface area contributed by atoms with Gasteiger partial charge < -0.3 is 9.13 Å². The molecule has 0 aliphatic carbocycles. The van der Waals surface area contributed by atoms with Gasteiger partial charge in [0.25, 0.3) is 0 Å². The summed E-state index contributed by atoms with van der Waals surface area (Å²) >= 11 is 0. The van der Waals surface area contributed by atoms with Gasteiger partial charge >= 0.3 is 0 Å². The van der Waals surface area contributed by atoms with E-state index in [1.807, 2.05) is 0 Å². The largest absolute Gasteiger partial charge is 0.329 e. The zero-order valence-electron chi connectivity index (χ0n) is 13.5. The first-order valence-corrected chi connectivity index (χ1v) is 11.0. The molecule has 0 amide bonds. The summed E-state index contributed by atoms with van der Waals surface area (Å²) in [5, 5.41) is 1.07. The van der Waals surface area contributed by atoms with Crippen LogP contribution in [0.5, 0.6) is 0 Å². The minimum Gasteiger partial charge on any atom is -0.329 e. The Balaban J connectivity index is 4.05. The zero-order valence-corrected chi connectivity index (χ0v) is 16.4. The highest BCUT2D eigenvalue weighted by Gasteiger charge is 2.14. The molecule has 0 bridgehead atoms. The van der Waals surface area contributed by atoms with Gasteiger partial charge in [-0.05, 0) is 57.0 Å². The molecular weight excluding hydrogens is 252 g/mol. The molecule has 0 aliphatic rings. The van der Waals surface area contributed by atoms with Crippen LogP contribution in [-0.4, -0.2) is 54.7 Å². The van der Waals surface area contributed by atoms with Crippen molar-refractivity contribution in [3.8, 4) is 0 Å². The standard InChI is InChI=1S/C14H36N2Si2/c1-6-10-15(11-7-2)17-14(5)18-16(12-8-3)13-9-4/h14H,6-13,17-18H2,1-5H3. The lowest BCUT2D eigenvalue weighted by atomic mass is 10.4. The van der Waals surface area contributed by atoms with Gasteiger partial charge in [-0.2, -0.15) is 0 Å². The average molecular weight is 289 g/mol. The summed E-state index contributed by atoms with van der Waals surface area (Å²) in [6.45, 7) is 17.2. The Bertz CT molecular complexity index is 149. The molecule has 0 saturated carbocycles. The summed E-state index contributed by atoms with van der Waals surface area (Å²) in [5.74, 6) is 0. The maximum absolute atomic E-state index is 2.81. The normalized spacial score (nSPS) is 14.8. The minimum absolute atomic E-state index is 0.00434. The Morgan fingerprint density at radius 1 is 0.667 bits per heavy atom. The lowest BCUT2D eigenvalue weighted by Gasteiger charge is -2.28. The van der Waals surface area contributed by atoms with Crippen LogP contribution in [0.25, 0.3) is 0 Å². The van der Waals surface area contributed by atoms with E-state index in [0.717, 1.165) is 5.16 Å². The van der Waals surface area contributed by atoms with Gasteiger partial charge in [0.15, 0.2) is 0 Å². The average Bonchev–Trinajstić information content (AvgIpc) is 2.30. The van der Waals surface area contributed by atoms with E-state index in [9.17, 15) is 0 Å². The first-order valence-electron chi connectivity index (χ1n) is 8.12. The molecule has 0 aromatic heterocycles. The van der Waals surface area contributed by atoms with Crippen LogP contribution in [0, 0.1) is 0 Å². The van der Waals surface area contributed by atoms with Crippen LogP contribution in [0.2, 0.25) is 5.16 Å². The fourth-order valence-corrected chi connectivity index (χ4v) is 9.20. The van der Waals surface area contributed by atoms with Gasteiger partial charge in [0, 0.05) is 0 Å². The van der Waals surface area contributed by atoms with Gasteiger partial charge in [-0.25, -0.2) is 0 Å². The van der Waals surface area contributed by atoms with Gasteiger partial charge in [-0.15, -0.1) is 0 Å². The summed E-state index contributed by atoms with van der Waals surface area (Å²) in [5.41, 5.74) is 0. The summed E-state index contributed by atoms with van der Waals surface area (Å²) in [7, 11) is 0.00868. The van der Waals surface area contributed by atoms with Crippen molar-refractivity contribution in [2.75, 3.05) is 26.2 Å². The van der Waals surface area contributed by atoms with Crippen LogP contribution < -0.4 is 0 Å². The van der Waals surface area contributed by atoms with Gasteiger partial charge in [-0.1, -0.05) is 34.6 Å². The SMILES string of the molecule is CCCN(CCC)[SiH2]C(C)[SiH2]N(CCC)CCC. The molecule has 0 N–H and O–H groups in total. The highest BCUT2D eigenvalue weighted by atomic mass is 28.3. The number of nitrogens with zero attached hydrogens (tertiary/aromatic N) is 2. The van der Waals surface area contributed by atoms with Crippen LogP contribution in [0.1, 0.15) is 60.3 Å². The second-order valence-electron chi connectivity index (χ2n) is 5.71. The molecule has 0 radical (unpaired) electrons. The molecule has 0 unspecified atom stereocenters. The third-order valence-electron chi connectivity index (χ3n) is 3.30. The maximum atomic E-state index is 2.81. The molecule has 0 atom stereocenters. The highest BCUT2D eigenvalue weighted by Crippen LogP contribution is 2.07. The third-order valence-corrected chi connectivity index (χ3v) is 8.39. The number of hydrogen-bond acceptors (Lipinski definition) is 2. The second-order valence-corrected chi connectivity index (χ2v) is 12.2. The van der Waals surface area contributed by atoms with Crippen LogP contribution in [0.3, 0.4) is 0 Å². The van der Waals surface area contributed by atoms with E-state index in [1.165, 1.54) is 51.9 Å². The molecule has 110 valence electrons. The predicted octanol–water partition coefficient (Wildman–Crippen LogP) is 2.16. The van der Waals surface area contributed by atoms with E-state index < -0.39 is 0 Å². The van der Waals surface area contributed by atoms with Gasteiger partial charge in [-0.3, -0.25) is 0 Å². The van der Waals surface area contributed by atoms with Crippen LogP contribution in [0.4, 0.5) is 0 Å². The van der Waals surface area contributed by atoms with Crippen LogP contribution >= 0.6 is 0 Å². The van der Waals surface area contributed by atoms with Gasteiger partial charge in [0.1, 0.15) is 0 Å². The Labute approximate surface area is 120 Å². The smallest absolute Gasteiger partial charge is 0.0959 e. The van der Waals surface area contributed by atoms with Gasteiger partial charge in [0.05, 0.1) is 19.4 Å². The second kappa shape index (κ2) is 12.4. The fraction of sp³-hybridized carbons (Fsp3) is 1.00. The maximum Gasteiger partial charge on any atom is 0.0959 e. The number of hydrogen-bond donors (Lipinski definition) is 0. The molecule has 0 aromatic rings. The van der Waals surface area contributed by atoms with Gasteiger partial charge in [0.2, 0.25) is 0 Å². The van der Waals surface area contributed by atoms with E-state index in [1.54, 1.807) is 0 Å². The van der Waals surface area contributed by atoms with Crippen molar-refractivity contribution in [1.82, 2.24) is 9.13 Å². The van der Waals surface area contributed by atoms with Crippen molar-refractivity contribution >= 4 is 19.4 Å². The van der Waals surface area contributed by atoms with E-state index in [-0.39, 0.29) is 19.4 Å². The quantitative estimate of drug-likeness (QED) is 0.508. The van der Waals surface area contributed by atoms with Crippen molar-refractivity contribution in [1.29, 1.82) is 0 Å². The molecule has 2 nitrogen and oxygen atoms in total. The van der Waals surface area contributed by atoms with Crippen molar-refractivity contribution < 1.29 is 0 Å². The zero-order chi connectivity index (χ0) is 13.8. The van der Waals surface area contributed by atoms with E-state index >= 15 is 0 Å². The monoisotopic (exact) mass is 288 g/mol. The van der Waals surface area contributed by atoms with Crippen molar-refractivity contribution in [3.63, 3.8) is 0 Å². The Morgan fingerprint density at radius 3 is 1.17 bits per heavy atom. The molecule has 0 saturated heterocycles. The Hall–Kier alpha value is 0.354. The van der Waals surface area contributed by atoms with Crippen molar-refractivity contribution in [2.45, 2.75) is 65.5 Å². The summed E-state index contributed by atoms with van der Waals surface area (Å²) in [6.07, 6.45) is 5.31. The van der Waals surface area contributed by atoms with E-state index in [0.29, 0.717) is 0 Å². The van der Waals surface area contributed by atoms with Crippen molar-refractivity contribution in [3.05, 3.63) is 0 Å². The summed E-state index contributed by atoms with van der Waals surface area (Å²) in [6, 6.07) is 0. The highest BCUT2D eigenvalue weighted by molar-refractivity contribution is 6.55. The lowest BCUT2D eigenvalue weighted by Crippen LogP contribution is -2.39. The molecule has 18 heavy (non-hydrogen) atoms. The Morgan fingerprint density at radius 2 is 0.944 bits per heavy atom. The Kier molecular flexibility index (Phi) is 12.6. The molecule has 0 fully saturated rings. The molecule has 0 spiro atoms. The lowest BCUT2D eigenvalue weighted by molar-refractivity contribution is 0.426. The summed E-state index contributed by atoms with van der Waals surface area (Å²) < 4.78 is 5.63. The minimum atomic E-state index is 0.00434. The molecule has 0 aromatic carbocycles. The van der Waals surface area contributed by atoms with E-state index in [2.05, 4.69) is 43.7 Å². The van der Waals surface area contributed by atoms with Crippen molar-refractivity contribution in [2.24, 2.45) is 0 Å². The van der Waals surface area contributed by atoms with Crippen LogP contribution in [0.15, 0.2) is 0 Å². The summed E-state index contributed by atoms with van der Waals surface area (Å²) in [4.78, 5) is 0. The number of rotatable bonds is 12. The fourth-order valence-electron chi connectivity index (χ4n) is 2.79. The molecule has 4 heteroatoms. The van der Waals surface area contributed by atoms with Crippen LogP contribution in [-0.2, 0) is 0 Å². The molecule has 0 aliphatic heterocycles.